The zero-order chi connectivity index (χ0) is 23.6. The summed E-state index contributed by atoms with van der Waals surface area (Å²) in [5.41, 5.74) is 6.26. The maximum absolute atomic E-state index is 5.09. The monoisotopic (exact) mass is 459 g/mol. The zero-order valence-corrected chi connectivity index (χ0v) is 20.5. The van der Waals surface area contributed by atoms with E-state index >= 15 is 0 Å². The number of nitrogens with zero attached hydrogens (tertiary/aromatic N) is 3. The van der Waals surface area contributed by atoms with Gasteiger partial charge < -0.3 is 9.80 Å². The number of hydrogen-bond acceptors (Lipinski definition) is 3. The quantitative estimate of drug-likeness (QED) is 0.309. The highest BCUT2D eigenvalue weighted by Gasteiger charge is 2.30. The van der Waals surface area contributed by atoms with Crippen molar-refractivity contribution in [1.82, 2.24) is 9.80 Å². The fourth-order valence-corrected chi connectivity index (χ4v) is 5.83. The minimum Gasteiger partial charge on any atom is -0.348 e. The first-order valence-electron chi connectivity index (χ1n) is 13.0. The molecule has 3 nitrogen and oxygen atoms in total. The highest BCUT2D eigenvalue weighted by molar-refractivity contribution is 5.97. The number of rotatable bonds is 5. The molecule has 6 rings (SSSR count). The Bertz CT molecular complexity index is 1350. The number of amidine groups is 1. The molecule has 0 aromatic heterocycles. The van der Waals surface area contributed by atoms with Gasteiger partial charge in [0.15, 0.2) is 0 Å². The van der Waals surface area contributed by atoms with E-state index in [4.69, 9.17) is 4.99 Å². The molecule has 1 fully saturated rings. The largest absolute Gasteiger partial charge is 0.348 e. The van der Waals surface area contributed by atoms with Crippen LogP contribution in [0.4, 0.5) is 5.69 Å². The second-order valence-corrected chi connectivity index (χ2v) is 9.87. The van der Waals surface area contributed by atoms with Gasteiger partial charge in [-0.05, 0) is 72.5 Å². The van der Waals surface area contributed by atoms with E-state index in [9.17, 15) is 0 Å². The molecule has 4 aromatic carbocycles. The second-order valence-electron chi connectivity index (χ2n) is 9.87. The molecule has 0 bridgehead atoms. The van der Waals surface area contributed by atoms with Crippen molar-refractivity contribution in [1.29, 1.82) is 0 Å². The number of benzene rings is 4. The molecule has 0 radical (unpaired) electrons. The zero-order valence-electron chi connectivity index (χ0n) is 20.5. The van der Waals surface area contributed by atoms with Crippen LogP contribution in [0.2, 0.25) is 0 Å². The van der Waals surface area contributed by atoms with Crippen molar-refractivity contribution >= 4 is 22.3 Å². The summed E-state index contributed by atoms with van der Waals surface area (Å²) in [6.45, 7) is 6.71. The van der Waals surface area contributed by atoms with Gasteiger partial charge in [-0.3, -0.25) is 0 Å². The average molecular weight is 460 g/mol. The Balaban J connectivity index is 1.42. The summed E-state index contributed by atoms with van der Waals surface area (Å²) in [5, 5.41) is 2.57. The predicted octanol–water partition coefficient (Wildman–Crippen LogP) is 7.45. The Morgan fingerprint density at radius 2 is 1.54 bits per heavy atom. The highest BCUT2D eigenvalue weighted by atomic mass is 15.3. The van der Waals surface area contributed by atoms with E-state index in [0.717, 1.165) is 24.6 Å². The lowest BCUT2D eigenvalue weighted by Gasteiger charge is -2.39. The van der Waals surface area contributed by atoms with Gasteiger partial charge in [0.05, 0.1) is 11.7 Å². The van der Waals surface area contributed by atoms with Crippen molar-refractivity contribution in [2.45, 2.75) is 32.2 Å². The summed E-state index contributed by atoms with van der Waals surface area (Å²) in [7, 11) is 0. The molecule has 0 aliphatic carbocycles. The first kappa shape index (κ1) is 22.1. The summed E-state index contributed by atoms with van der Waals surface area (Å²) >= 11 is 0. The van der Waals surface area contributed by atoms with Crippen LogP contribution in [0, 0.1) is 0 Å². The molecular formula is C32H33N3. The Hall–Kier alpha value is -3.43. The van der Waals surface area contributed by atoms with Crippen molar-refractivity contribution in [2.75, 3.05) is 26.2 Å². The summed E-state index contributed by atoms with van der Waals surface area (Å²) in [4.78, 5) is 10.2. The molecule has 176 valence electrons. The molecule has 0 spiro atoms. The van der Waals surface area contributed by atoms with Crippen molar-refractivity contribution < 1.29 is 0 Å². The predicted molar refractivity (Wildman–Crippen MR) is 147 cm³/mol. The maximum Gasteiger partial charge on any atom is 0.102 e. The van der Waals surface area contributed by atoms with Crippen LogP contribution in [-0.2, 0) is 0 Å². The van der Waals surface area contributed by atoms with E-state index in [0.29, 0.717) is 0 Å². The van der Waals surface area contributed by atoms with Gasteiger partial charge in [-0.1, -0.05) is 85.3 Å². The van der Waals surface area contributed by atoms with E-state index in [1.165, 1.54) is 65.4 Å². The smallest absolute Gasteiger partial charge is 0.102 e. The van der Waals surface area contributed by atoms with Crippen molar-refractivity contribution in [3.63, 3.8) is 0 Å². The van der Waals surface area contributed by atoms with Crippen molar-refractivity contribution in [3.05, 3.63) is 102 Å². The molecule has 35 heavy (non-hydrogen) atoms. The molecule has 1 saturated heterocycles. The Labute approximate surface area is 208 Å². The lowest BCUT2D eigenvalue weighted by molar-refractivity contribution is 0.201. The molecule has 2 heterocycles. The van der Waals surface area contributed by atoms with E-state index in [2.05, 4.69) is 108 Å². The maximum atomic E-state index is 5.09. The molecule has 0 saturated carbocycles. The molecule has 0 N–H and O–H groups in total. The van der Waals surface area contributed by atoms with Crippen LogP contribution in [0.25, 0.3) is 21.9 Å². The van der Waals surface area contributed by atoms with Crippen LogP contribution in [0.5, 0.6) is 0 Å². The lowest BCUT2D eigenvalue weighted by Crippen LogP contribution is -2.42. The number of fused-ring (bicyclic) bond motifs is 2. The van der Waals surface area contributed by atoms with Gasteiger partial charge >= 0.3 is 0 Å². The number of piperidine rings is 1. The van der Waals surface area contributed by atoms with Gasteiger partial charge in [0.25, 0.3) is 0 Å². The van der Waals surface area contributed by atoms with Crippen LogP contribution >= 0.6 is 0 Å². The Morgan fingerprint density at radius 1 is 0.771 bits per heavy atom. The van der Waals surface area contributed by atoms with Gasteiger partial charge in [0.2, 0.25) is 0 Å². The van der Waals surface area contributed by atoms with Crippen LogP contribution in [-0.4, -0.2) is 41.8 Å². The average Bonchev–Trinajstić information content (AvgIpc) is 2.92. The molecule has 0 amide bonds. The molecule has 4 aromatic rings. The topological polar surface area (TPSA) is 18.8 Å². The van der Waals surface area contributed by atoms with Gasteiger partial charge in [0, 0.05) is 18.7 Å². The summed E-state index contributed by atoms with van der Waals surface area (Å²) in [6, 6.07) is 33.3. The van der Waals surface area contributed by atoms with Gasteiger partial charge in [-0.15, -0.1) is 0 Å². The summed E-state index contributed by atoms with van der Waals surface area (Å²) < 4.78 is 0. The lowest BCUT2D eigenvalue weighted by atomic mass is 9.90. The summed E-state index contributed by atoms with van der Waals surface area (Å²) in [5.74, 6) is 1.11. The van der Waals surface area contributed by atoms with Gasteiger partial charge in [0.1, 0.15) is 5.84 Å². The Morgan fingerprint density at radius 3 is 2.40 bits per heavy atom. The first-order valence-corrected chi connectivity index (χ1v) is 13.0. The number of likely N-dealkylation sites (tertiary alicyclic amines) is 1. The summed E-state index contributed by atoms with van der Waals surface area (Å²) in [6.07, 6.45) is 4.02. The van der Waals surface area contributed by atoms with E-state index in [1.54, 1.807) is 0 Å². The molecular weight excluding hydrogens is 426 g/mol. The first-order chi connectivity index (χ1) is 17.3. The molecule has 2 aliphatic heterocycles. The van der Waals surface area contributed by atoms with Gasteiger partial charge in [-0.25, -0.2) is 4.99 Å². The van der Waals surface area contributed by atoms with Crippen LogP contribution in [0.3, 0.4) is 0 Å². The third-order valence-electron chi connectivity index (χ3n) is 7.65. The van der Waals surface area contributed by atoms with Crippen LogP contribution in [0.1, 0.15) is 43.4 Å². The Kier molecular flexibility index (Phi) is 6.10. The second kappa shape index (κ2) is 9.67. The molecule has 3 heteroatoms. The van der Waals surface area contributed by atoms with E-state index < -0.39 is 0 Å². The van der Waals surface area contributed by atoms with E-state index in [1.807, 2.05) is 0 Å². The molecule has 2 aliphatic rings. The van der Waals surface area contributed by atoms with E-state index in [-0.39, 0.29) is 6.04 Å². The van der Waals surface area contributed by atoms with Crippen LogP contribution < -0.4 is 0 Å². The molecule has 1 atom stereocenters. The third kappa shape index (κ3) is 4.37. The number of aliphatic imine (C=N–C) groups is 1. The minimum absolute atomic E-state index is 0.170. The standard InChI is InChI=1S/C32H33N3/c1-24-33-31-18-17-27(29-16-10-14-25-11-6-7-15-28(25)29)23-30(31)32(26-12-4-2-5-13-26)35(24)22-21-34-19-8-3-9-20-34/h2,4-7,10-18,23,32H,3,8-9,19-22H2,1H3. The molecule has 1 unspecified atom stereocenters. The normalized spacial score (nSPS) is 18.4. The fourth-order valence-electron chi connectivity index (χ4n) is 5.83. The van der Waals surface area contributed by atoms with Crippen molar-refractivity contribution in [2.24, 2.45) is 4.99 Å². The van der Waals surface area contributed by atoms with Crippen molar-refractivity contribution in [3.8, 4) is 11.1 Å². The minimum atomic E-state index is 0.170. The third-order valence-corrected chi connectivity index (χ3v) is 7.65. The van der Waals surface area contributed by atoms with Gasteiger partial charge in [-0.2, -0.15) is 0 Å². The fraction of sp³-hybridized carbons (Fsp3) is 0.281. The SMILES string of the molecule is CC1=Nc2ccc(-c3cccc4ccccc34)cc2C(c2ccccc2)N1CCN1CCCCC1. The highest BCUT2D eigenvalue weighted by Crippen LogP contribution is 2.42. The van der Waals surface area contributed by atoms with Crippen LogP contribution in [0.15, 0.2) is 96.0 Å². The number of hydrogen-bond donors (Lipinski definition) is 0.